The lowest BCUT2D eigenvalue weighted by molar-refractivity contribution is 0.0600. The second-order valence-corrected chi connectivity index (χ2v) is 5.34. The second-order valence-electron chi connectivity index (χ2n) is 5.34. The number of amides is 1. The maximum atomic E-state index is 12.4. The molecule has 0 saturated carbocycles. The zero-order chi connectivity index (χ0) is 18.4. The van der Waals surface area contributed by atoms with Crippen LogP contribution in [0.3, 0.4) is 0 Å². The molecule has 0 unspecified atom stereocenters. The highest BCUT2D eigenvalue weighted by molar-refractivity contribution is 6.04. The molecule has 2 aromatic carbocycles. The number of carbonyl (C=O) groups excluding carboxylic acids is 2. The average molecular weight is 348 g/mol. The van der Waals surface area contributed by atoms with Gasteiger partial charge in [-0.05, 0) is 48.5 Å². The van der Waals surface area contributed by atoms with Crippen molar-refractivity contribution in [2.75, 3.05) is 12.4 Å². The first kappa shape index (κ1) is 17.2. The molecule has 0 fully saturated rings. The van der Waals surface area contributed by atoms with E-state index in [1.54, 1.807) is 73.1 Å². The maximum Gasteiger partial charge on any atom is 0.337 e. The van der Waals surface area contributed by atoms with Crippen molar-refractivity contribution >= 4 is 17.6 Å². The standard InChI is InChI=1S/C20H16N2O4/c1-25-20(24)15-7-5-14(6-8-15)19(23)22-16-3-2-4-18(13-16)26-17-9-11-21-12-10-17/h2-13H,1H3,(H,22,23). The van der Waals surface area contributed by atoms with Crippen LogP contribution in [0.4, 0.5) is 5.69 Å². The quantitative estimate of drug-likeness (QED) is 0.707. The van der Waals surface area contributed by atoms with Gasteiger partial charge in [0.2, 0.25) is 0 Å². The third kappa shape index (κ3) is 4.24. The van der Waals surface area contributed by atoms with Crippen LogP contribution in [0.2, 0.25) is 0 Å². The molecule has 1 aromatic heterocycles. The molecule has 0 spiro atoms. The third-order valence-corrected chi connectivity index (χ3v) is 3.55. The van der Waals surface area contributed by atoms with E-state index in [4.69, 9.17) is 4.74 Å². The van der Waals surface area contributed by atoms with E-state index in [9.17, 15) is 9.59 Å². The summed E-state index contributed by atoms with van der Waals surface area (Å²) in [5.41, 5.74) is 1.41. The molecule has 0 aliphatic heterocycles. The van der Waals surface area contributed by atoms with E-state index in [-0.39, 0.29) is 5.91 Å². The van der Waals surface area contributed by atoms with Gasteiger partial charge in [0, 0.05) is 29.7 Å². The van der Waals surface area contributed by atoms with E-state index in [2.05, 4.69) is 15.0 Å². The number of hydrogen-bond acceptors (Lipinski definition) is 5. The molecule has 1 amide bonds. The van der Waals surface area contributed by atoms with Crippen molar-refractivity contribution in [3.63, 3.8) is 0 Å². The number of carbonyl (C=O) groups is 2. The Morgan fingerprint density at radius 3 is 2.27 bits per heavy atom. The van der Waals surface area contributed by atoms with Gasteiger partial charge in [0.05, 0.1) is 12.7 Å². The number of pyridine rings is 1. The lowest BCUT2D eigenvalue weighted by atomic mass is 10.1. The molecule has 130 valence electrons. The van der Waals surface area contributed by atoms with Crippen LogP contribution in [0.15, 0.2) is 73.1 Å². The minimum atomic E-state index is -0.446. The van der Waals surface area contributed by atoms with Gasteiger partial charge in [-0.3, -0.25) is 9.78 Å². The number of benzene rings is 2. The molecule has 0 bridgehead atoms. The predicted octanol–water partition coefficient (Wildman–Crippen LogP) is 3.91. The number of nitrogens with one attached hydrogen (secondary N) is 1. The van der Waals surface area contributed by atoms with Crippen molar-refractivity contribution in [2.45, 2.75) is 0 Å². The highest BCUT2D eigenvalue weighted by Crippen LogP contribution is 2.23. The van der Waals surface area contributed by atoms with Gasteiger partial charge in [-0.25, -0.2) is 4.79 Å². The zero-order valence-electron chi connectivity index (χ0n) is 14.0. The van der Waals surface area contributed by atoms with Crippen LogP contribution in [0, 0.1) is 0 Å². The molecule has 0 aliphatic carbocycles. The van der Waals surface area contributed by atoms with Crippen molar-refractivity contribution in [3.05, 3.63) is 84.2 Å². The topological polar surface area (TPSA) is 77.5 Å². The number of anilines is 1. The fourth-order valence-corrected chi connectivity index (χ4v) is 2.26. The van der Waals surface area contributed by atoms with E-state index in [1.165, 1.54) is 7.11 Å². The van der Waals surface area contributed by atoms with Gasteiger partial charge < -0.3 is 14.8 Å². The summed E-state index contributed by atoms with van der Waals surface area (Å²) < 4.78 is 10.4. The highest BCUT2D eigenvalue weighted by atomic mass is 16.5. The first-order valence-electron chi connectivity index (χ1n) is 7.83. The van der Waals surface area contributed by atoms with Crippen LogP contribution >= 0.6 is 0 Å². The highest BCUT2D eigenvalue weighted by Gasteiger charge is 2.10. The monoisotopic (exact) mass is 348 g/mol. The van der Waals surface area contributed by atoms with Crippen LogP contribution in [-0.2, 0) is 4.74 Å². The van der Waals surface area contributed by atoms with E-state index < -0.39 is 5.97 Å². The fraction of sp³-hybridized carbons (Fsp3) is 0.0500. The van der Waals surface area contributed by atoms with Crippen LogP contribution < -0.4 is 10.1 Å². The lowest BCUT2D eigenvalue weighted by Crippen LogP contribution is -2.12. The SMILES string of the molecule is COC(=O)c1ccc(C(=O)Nc2cccc(Oc3ccncc3)c2)cc1. The number of ether oxygens (including phenoxy) is 2. The minimum absolute atomic E-state index is 0.289. The van der Waals surface area contributed by atoms with E-state index in [0.29, 0.717) is 28.3 Å². The minimum Gasteiger partial charge on any atom is -0.465 e. The molecule has 3 rings (SSSR count). The predicted molar refractivity (Wildman–Crippen MR) is 96.5 cm³/mol. The van der Waals surface area contributed by atoms with Crippen molar-refractivity contribution < 1.29 is 19.1 Å². The number of rotatable bonds is 5. The molecule has 0 saturated heterocycles. The van der Waals surface area contributed by atoms with Crippen LogP contribution in [-0.4, -0.2) is 24.0 Å². The van der Waals surface area contributed by atoms with Gasteiger partial charge >= 0.3 is 5.97 Å². The Labute approximate surface area is 150 Å². The average Bonchev–Trinajstić information content (AvgIpc) is 2.68. The molecule has 1 N–H and O–H groups in total. The van der Waals surface area contributed by atoms with Crippen molar-refractivity contribution in [1.82, 2.24) is 4.98 Å². The van der Waals surface area contributed by atoms with E-state index in [0.717, 1.165) is 0 Å². The van der Waals surface area contributed by atoms with Gasteiger partial charge in [-0.1, -0.05) is 6.07 Å². The largest absolute Gasteiger partial charge is 0.465 e. The number of esters is 1. The molecule has 3 aromatic rings. The van der Waals surface area contributed by atoms with Gasteiger partial charge in [-0.15, -0.1) is 0 Å². The van der Waals surface area contributed by atoms with E-state index in [1.807, 2.05) is 0 Å². The summed E-state index contributed by atoms with van der Waals surface area (Å²) in [7, 11) is 1.31. The summed E-state index contributed by atoms with van der Waals surface area (Å²) in [6.07, 6.45) is 3.28. The molecular formula is C20H16N2O4. The Morgan fingerprint density at radius 1 is 0.885 bits per heavy atom. The van der Waals surface area contributed by atoms with Gasteiger partial charge in [-0.2, -0.15) is 0 Å². The Bertz CT molecular complexity index is 909. The maximum absolute atomic E-state index is 12.4. The van der Waals surface area contributed by atoms with Crippen molar-refractivity contribution in [3.8, 4) is 11.5 Å². The molecule has 6 nitrogen and oxygen atoms in total. The first-order valence-corrected chi connectivity index (χ1v) is 7.83. The van der Waals surface area contributed by atoms with Gasteiger partial charge in [0.25, 0.3) is 5.91 Å². The summed E-state index contributed by atoms with van der Waals surface area (Å²) in [5.74, 6) is 0.511. The molecular weight excluding hydrogens is 332 g/mol. The van der Waals surface area contributed by atoms with Crippen LogP contribution in [0.1, 0.15) is 20.7 Å². The fourth-order valence-electron chi connectivity index (χ4n) is 2.26. The summed E-state index contributed by atoms with van der Waals surface area (Å²) in [6, 6.07) is 16.8. The Hall–Kier alpha value is -3.67. The number of methoxy groups -OCH3 is 1. The summed E-state index contributed by atoms with van der Waals surface area (Å²) >= 11 is 0. The Kier molecular flexibility index (Phi) is 5.24. The number of nitrogens with zero attached hydrogens (tertiary/aromatic N) is 1. The third-order valence-electron chi connectivity index (χ3n) is 3.55. The molecule has 1 heterocycles. The first-order chi connectivity index (χ1) is 12.7. The zero-order valence-corrected chi connectivity index (χ0v) is 14.0. The van der Waals surface area contributed by atoms with Gasteiger partial charge in [0.1, 0.15) is 11.5 Å². The van der Waals surface area contributed by atoms with Crippen LogP contribution in [0.5, 0.6) is 11.5 Å². The molecule has 0 aliphatic rings. The number of aromatic nitrogens is 1. The van der Waals surface area contributed by atoms with Crippen LogP contribution in [0.25, 0.3) is 0 Å². The Balaban J connectivity index is 1.69. The summed E-state index contributed by atoms with van der Waals surface area (Å²) in [5, 5.41) is 2.80. The lowest BCUT2D eigenvalue weighted by Gasteiger charge is -2.09. The van der Waals surface area contributed by atoms with Crippen molar-refractivity contribution in [2.24, 2.45) is 0 Å². The summed E-state index contributed by atoms with van der Waals surface area (Å²) in [4.78, 5) is 27.7. The molecule has 0 radical (unpaired) electrons. The second kappa shape index (κ2) is 7.94. The smallest absolute Gasteiger partial charge is 0.337 e. The number of hydrogen-bond donors (Lipinski definition) is 1. The van der Waals surface area contributed by atoms with E-state index >= 15 is 0 Å². The van der Waals surface area contributed by atoms with Gasteiger partial charge in [0.15, 0.2) is 0 Å². The van der Waals surface area contributed by atoms with Crippen molar-refractivity contribution in [1.29, 1.82) is 0 Å². The summed E-state index contributed by atoms with van der Waals surface area (Å²) in [6.45, 7) is 0. The molecule has 0 atom stereocenters. The normalized spacial score (nSPS) is 10.0. The molecule has 26 heavy (non-hydrogen) atoms. The Morgan fingerprint density at radius 2 is 1.58 bits per heavy atom. The molecule has 6 heteroatoms.